The van der Waals surface area contributed by atoms with Gasteiger partial charge < -0.3 is 51.2 Å². The highest BCUT2D eigenvalue weighted by Crippen LogP contribution is 2.51. The van der Waals surface area contributed by atoms with Crippen molar-refractivity contribution in [2.24, 2.45) is 11.8 Å². The number of carbonyl (C=O) groups is 10. The van der Waals surface area contributed by atoms with E-state index >= 15 is 4.79 Å². The second-order valence-electron chi connectivity index (χ2n) is 31.9. The standard InChI is InChI=1S/C93H111N7O23S3/c1-92(2)75-34-16-18-36-79(75)99(53-23-55-124(113,114)119-4)82(92)47-39-67-31-20-32-68(87(67)123-73-42-44-74(45-43-73)126(117,118)121-6)40-48-83-93(3,76-35-17-19-37-80(76)100(83)54-24-56-125(115,116)120-5)51-21-38-84(105)96-78(59-66-29-14-9-15-30-66)81(104)61-70(58-65-27-12-8-13-28-65)89(109)95-62-72(103)33-22-52-94-88(108)69(57-64-25-10-7-11-26-64)60-71(102)41-46-77(90(110)111)97-91(112)98-85(122-63-101)49-50-86(106)107/h7-19,25-30,34-37,39-40,42-45,47-48,63,69-70,77-78,85H,20-24,31-33,38,41,46,49-62H2,1-6H3,(H6-,94,95,96,97,98,105,106,107,108,109,110,111,112)/p+1/t69-,70-,77+,78+,85-,93?/m1/s1. The van der Waals surface area contributed by atoms with Gasteiger partial charge in [0.25, 0.3) is 36.8 Å². The van der Waals surface area contributed by atoms with Gasteiger partial charge >= 0.3 is 18.0 Å². The molecule has 6 atom stereocenters. The van der Waals surface area contributed by atoms with Crippen LogP contribution in [0.1, 0.15) is 151 Å². The highest BCUT2D eigenvalue weighted by molar-refractivity contribution is 7.87. The molecule has 126 heavy (non-hydrogen) atoms. The molecule has 2 aliphatic heterocycles. The highest BCUT2D eigenvalue weighted by atomic mass is 32.2. The fourth-order valence-electron chi connectivity index (χ4n) is 16.0. The first-order valence-corrected chi connectivity index (χ1v) is 46.5. The Kier molecular flexibility index (Phi) is 36.3. The largest absolute Gasteiger partial charge is 0.481 e. The lowest BCUT2D eigenvalue weighted by Crippen LogP contribution is -2.49. The van der Waals surface area contributed by atoms with Gasteiger partial charge in [-0.3, -0.25) is 50.9 Å². The normalized spacial score (nSPS) is 16.8. The maximum atomic E-state index is 15.0. The molecule has 0 saturated carbocycles. The number of carbonyl (C=O) groups excluding carboxylic acids is 8. The third kappa shape index (κ3) is 28.4. The predicted molar refractivity (Wildman–Crippen MR) is 472 cm³/mol. The number of nitrogens with zero attached hydrogens (tertiary/aromatic N) is 2. The zero-order valence-electron chi connectivity index (χ0n) is 71.6. The topological polar surface area (TPSA) is 426 Å². The molecule has 33 heteroatoms. The number of fused-ring (bicyclic) bond motifs is 2. The van der Waals surface area contributed by atoms with E-state index in [1.54, 1.807) is 54.6 Å². The molecule has 0 fully saturated rings. The number of Topliss-reactive ketones (excluding diaryl/α,β-unsaturated/α-hetero) is 3. The van der Waals surface area contributed by atoms with Crippen LogP contribution in [-0.4, -0.2) is 183 Å². The molecule has 0 saturated heterocycles. The first-order valence-electron chi connectivity index (χ1n) is 41.9. The summed E-state index contributed by atoms with van der Waals surface area (Å²) in [6, 6.07) is 44.8. The lowest BCUT2D eigenvalue weighted by Gasteiger charge is -2.31. The minimum atomic E-state index is -4.07. The van der Waals surface area contributed by atoms with Gasteiger partial charge in [0.1, 0.15) is 29.9 Å². The van der Waals surface area contributed by atoms with E-state index in [1.165, 1.54) is 12.1 Å². The summed E-state index contributed by atoms with van der Waals surface area (Å²) < 4.78 is 105. The molecule has 5 amide bonds. The van der Waals surface area contributed by atoms with Gasteiger partial charge in [-0.1, -0.05) is 133 Å². The molecule has 2 heterocycles. The quantitative estimate of drug-likeness (QED) is 0.00613. The first kappa shape index (κ1) is 98.2. The zero-order valence-corrected chi connectivity index (χ0v) is 74.1. The van der Waals surface area contributed by atoms with Crippen molar-refractivity contribution in [3.63, 3.8) is 0 Å². The van der Waals surface area contributed by atoms with E-state index in [-0.39, 0.29) is 126 Å². The molecule has 1 unspecified atom stereocenters. The Morgan fingerprint density at radius 1 is 0.571 bits per heavy atom. The number of urea groups is 1. The summed E-state index contributed by atoms with van der Waals surface area (Å²) in [6.07, 6.45) is 7.57. The van der Waals surface area contributed by atoms with Crippen molar-refractivity contribution >= 4 is 107 Å². The van der Waals surface area contributed by atoms with Crippen LogP contribution >= 0.6 is 0 Å². The van der Waals surface area contributed by atoms with Gasteiger partial charge in [0.15, 0.2) is 23.5 Å². The predicted octanol–water partition coefficient (Wildman–Crippen LogP) is 10.8. The number of hydrogen-bond donors (Lipinski definition) is 7. The Morgan fingerprint density at radius 2 is 1.17 bits per heavy atom. The third-order valence-electron chi connectivity index (χ3n) is 22.7. The van der Waals surface area contributed by atoms with Crippen LogP contribution in [0.25, 0.3) is 0 Å². The number of allylic oxidation sites excluding steroid dienone is 7. The number of ketones is 3. The Balaban J connectivity index is 0.910. The van der Waals surface area contributed by atoms with Gasteiger partial charge in [-0.15, -0.1) is 0 Å². The number of benzene rings is 6. The molecule has 9 rings (SSSR count). The van der Waals surface area contributed by atoms with Gasteiger partial charge in [-0.05, 0) is 167 Å². The molecule has 1 aliphatic carbocycles. The number of rotatable bonds is 52. The van der Waals surface area contributed by atoms with Gasteiger partial charge in [0.05, 0.1) is 62.2 Å². The SMILES string of the molecule is COS(=O)(=O)CCCN1/C(=C/C=C2\CCCC(/C=C/C3=[N+](CCCS(=O)(=O)OC)c4ccccc4C3(C)C)=C2Oc2ccc(S(=O)(=O)OC)cc2)C(C)(CCCC(=O)N[C@@H](Cc2ccccc2)C(=O)C[C@@H](Cc2ccccc2)C(=O)NCC(=O)CCCNC(=O)[C@@H](CC(=O)CC[C@H](NC(=O)N[C@@H](CCC(=O)O)OC=O)C(=O)O)Cc2ccccc2)c2ccccc21. The first-order chi connectivity index (χ1) is 60.2. The molecule has 6 aromatic carbocycles. The Labute approximate surface area is 736 Å². The van der Waals surface area contributed by atoms with Crippen LogP contribution in [0.4, 0.5) is 16.2 Å². The van der Waals surface area contributed by atoms with E-state index in [0.29, 0.717) is 43.7 Å². The molecule has 0 aromatic heterocycles. The number of aliphatic carboxylic acids is 2. The van der Waals surface area contributed by atoms with Crippen molar-refractivity contribution in [2.75, 3.05) is 63.9 Å². The smallest absolute Gasteiger partial charge is 0.326 e. The molecule has 3 aliphatic rings. The van der Waals surface area contributed by atoms with E-state index < -0.39 is 137 Å². The van der Waals surface area contributed by atoms with Crippen molar-refractivity contribution < 1.29 is 110 Å². The average Bonchev–Trinajstić information content (AvgIpc) is 1.59. The maximum Gasteiger partial charge on any atom is 0.326 e. The van der Waals surface area contributed by atoms with Gasteiger partial charge in [-0.25, -0.2) is 9.59 Å². The Bertz CT molecular complexity index is 5390. The van der Waals surface area contributed by atoms with Crippen molar-refractivity contribution in [1.29, 1.82) is 0 Å². The number of ether oxygens (including phenoxy) is 2. The fourth-order valence-corrected chi connectivity index (χ4v) is 17.9. The molecule has 0 radical (unpaired) electrons. The van der Waals surface area contributed by atoms with E-state index in [2.05, 4.69) is 62.9 Å². The Morgan fingerprint density at radius 3 is 1.79 bits per heavy atom. The van der Waals surface area contributed by atoms with Gasteiger partial charge in [0.2, 0.25) is 23.4 Å². The molecule has 6 aromatic rings. The number of hydrogen-bond acceptors (Lipinski definition) is 22. The fraction of sp³-hybridized carbons (Fsp3) is 0.409. The lowest BCUT2D eigenvalue weighted by atomic mass is 9.77. The Hall–Kier alpha value is -11.6. The van der Waals surface area contributed by atoms with E-state index in [9.17, 15) is 73.5 Å². The van der Waals surface area contributed by atoms with Gasteiger partial charge in [0, 0.05) is 104 Å². The number of carboxylic acid groups (broad SMARTS) is 2. The maximum absolute atomic E-state index is 15.0. The molecular formula is C93H112N7O23S3+. The minimum absolute atomic E-state index is 0.00746. The monoisotopic (exact) mass is 1790 g/mol. The number of amides is 5. The summed E-state index contributed by atoms with van der Waals surface area (Å²) >= 11 is 0. The highest BCUT2D eigenvalue weighted by Gasteiger charge is 2.46. The van der Waals surface area contributed by atoms with E-state index in [1.807, 2.05) is 115 Å². The molecule has 30 nitrogen and oxygen atoms in total. The summed E-state index contributed by atoms with van der Waals surface area (Å²) in [7, 11) is -8.38. The van der Waals surface area contributed by atoms with Crippen molar-refractivity contribution in [2.45, 2.75) is 177 Å². The zero-order chi connectivity index (χ0) is 91.2. The molecule has 0 spiro atoms. The molecule has 0 bridgehead atoms. The van der Waals surface area contributed by atoms with Crippen LogP contribution < -0.4 is 36.2 Å². The van der Waals surface area contributed by atoms with Crippen LogP contribution in [0.5, 0.6) is 5.75 Å². The minimum Gasteiger partial charge on any atom is -0.481 e. The summed E-state index contributed by atoms with van der Waals surface area (Å²) in [6.45, 7) is 6.46. The summed E-state index contributed by atoms with van der Waals surface area (Å²) in [5.41, 5.74) is 7.79. The average molecular weight is 1790 g/mol. The number of anilines is 1. The second kappa shape index (κ2) is 46.6. The summed E-state index contributed by atoms with van der Waals surface area (Å²) in [5.74, 6) is -7.22. The van der Waals surface area contributed by atoms with Crippen LogP contribution in [0, 0.1) is 11.8 Å². The number of carboxylic acids is 2. The number of para-hydroxylation sites is 2. The van der Waals surface area contributed by atoms with Crippen LogP contribution in [-0.2, 0) is 121 Å². The van der Waals surface area contributed by atoms with Gasteiger partial charge in [-0.2, -0.15) is 29.8 Å². The lowest BCUT2D eigenvalue weighted by molar-refractivity contribution is -0.437. The molecular weight excluding hydrogens is 1680 g/mol. The summed E-state index contributed by atoms with van der Waals surface area (Å²) in [4.78, 5) is 134. The molecule has 7 N–H and O–H groups in total. The van der Waals surface area contributed by atoms with Crippen molar-refractivity contribution in [3.05, 3.63) is 239 Å². The second-order valence-corrected chi connectivity index (χ2v) is 37.4. The van der Waals surface area contributed by atoms with Crippen molar-refractivity contribution in [1.82, 2.24) is 26.6 Å². The third-order valence-corrected chi connectivity index (χ3v) is 26.5. The van der Waals surface area contributed by atoms with Crippen LogP contribution in [0.3, 0.4) is 0 Å². The molecule has 674 valence electrons. The van der Waals surface area contributed by atoms with E-state index in [0.717, 1.165) is 83.1 Å². The van der Waals surface area contributed by atoms with E-state index in [4.69, 9.17) is 27.1 Å². The summed E-state index contributed by atoms with van der Waals surface area (Å²) in [5, 5.41) is 31.8. The van der Waals surface area contributed by atoms with Crippen molar-refractivity contribution in [3.8, 4) is 5.75 Å². The van der Waals surface area contributed by atoms with Crippen LogP contribution in [0.2, 0.25) is 0 Å². The van der Waals surface area contributed by atoms with Crippen LogP contribution in [0.15, 0.2) is 216 Å². The number of nitrogens with one attached hydrogen (secondary N) is 5.